The molecule has 0 heterocycles. The maximum atomic E-state index is 13.2. The smallest absolute Gasteiger partial charge is 0.299 e. The Morgan fingerprint density at radius 3 is 2.80 bits per heavy atom. The SMILES string of the molecule is CCCNS(=O)(=O)Nc1ccc(F)cc1C#CCCO. The molecule has 0 bridgehead atoms. The van der Waals surface area contributed by atoms with Gasteiger partial charge in [0, 0.05) is 13.0 Å². The molecule has 5 nitrogen and oxygen atoms in total. The lowest BCUT2D eigenvalue weighted by Crippen LogP contribution is -2.30. The largest absolute Gasteiger partial charge is 0.395 e. The Hall–Kier alpha value is -1.62. The van der Waals surface area contributed by atoms with Crippen LogP contribution in [-0.4, -0.2) is 26.7 Å². The van der Waals surface area contributed by atoms with E-state index in [0.717, 1.165) is 12.1 Å². The second kappa shape index (κ2) is 7.85. The third-order valence-corrected chi connectivity index (χ3v) is 3.30. The molecule has 1 aromatic rings. The Morgan fingerprint density at radius 2 is 2.15 bits per heavy atom. The fourth-order valence-electron chi connectivity index (χ4n) is 1.34. The van der Waals surface area contributed by atoms with Gasteiger partial charge in [0.2, 0.25) is 0 Å². The quantitative estimate of drug-likeness (QED) is 0.691. The van der Waals surface area contributed by atoms with Gasteiger partial charge in [-0.15, -0.1) is 0 Å². The van der Waals surface area contributed by atoms with Gasteiger partial charge in [0.05, 0.1) is 17.9 Å². The van der Waals surface area contributed by atoms with Gasteiger partial charge in [-0.2, -0.15) is 13.1 Å². The Kier molecular flexibility index (Phi) is 6.45. The van der Waals surface area contributed by atoms with Crippen LogP contribution < -0.4 is 9.44 Å². The van der Waals surface area contributed by atoms with Crippen molar-refractivity contribution in [1.82, 2.24) is 4.72 Å². The summed E-state index contributed by atoms with van der Waals surface area (Å²) in [6.07, 6.45) is 0.893. The van der Waals surface area contributed by atoms with E-state index in [4.69, 9.17) is 5.11 Å². The number of anilines is 1. The van der Waals surface area contributed by atoms with Crippen LogP contribution in [0.2, 0.25) is 0 Å². The monoisotopic (exact) mass is 300 g/mol. The molecular weight excluding hydrogens is 283 g/mol. The van der Waals surface area contributed by atoms with Crippen molar-refractivity contribution < 1.29 is 17.9 Å². The average Bonchev–Trinajstić information content (AvgIpc) is 2.40. The topological polar surface area (TPSA) is 78.4 Å². The molecule has 0 saturated carbocycles. The lowest BCUT2D eigenvalue weighted by Gasteiger charge is -2.10. The summed E-state index contributed by atoms with van der Waals surface area (Å²) in [4.78, 5) is 0. The van der Waals surface area contributed by atoms with Crippen molar-refractivity contribution in [2.24, 2.45) is 0 Å². The zero-order valence-corrected chi connectivity index (χ0v) is 11.9. The minimum absolute atomic E-state index is 0.110. The standard InChI is InChI=1S/C13H17FN2O3S/c1-2-8-15-20(18,19)16-13-7-6-12(14)10-11(13)5-3-4-9-17/h6-7,10,15-17H,2,4,8-9H2,1H3. The highest BCUT2D eigenvalue weighted by molar-refractivity contribution is 7.90. The highest BCUT2D eigenvalue weighted by Crippen LogP contribution is 2.17. The van der Waals surface area contributed by atoms with Crippen molar-refractivity contribution >= 4 is 15.9 Å². The molecule has 0 fully saturated rings. The van der Waals surface area contributed by atoms with E-state index in [1.54, 1.807) is 0 Å². The number of aliphatic hydroxyl groups is 1. The van der Waals surface area contributed by atoms with E-state index in [1.807, 2.05) is 6.92 Å². The summed E-state index contributed by atoms with van der Waals surface area (Å²) in [5, 5.41) is 8.65. The molecule has 7 heteroatoms. The average molecular weight is 300 g/mol. The summed E-state index contributed by atoms with van der Waals surface area (Å²) < 4.78 is 41.3. The van der Waals surface area contributed by atoms with Gasteiger partial charge in [0.25, 0.3) is 10.2 Å². The molecule has 110 valence electrons. The van der Waals surface area contributed by atoms with Crippen LogP contribution in [0.4, 0.5) is 10.1 Å². The van der Waals surface area contributed by atoms with Gasteiger partial charge in [0.15, 0.2) is 0 Å². The van der Waals surface area contributed by atoms with Crippen LogP contribution in [0, 0.1) is 17.7 Å². The molecule has 0 aliphatic heterocycles. The normalized spacial score (nSPS) is 10.8. The molecule has 0 atom stereocenters. The second-order valence-corrected chi connectivity index (χ2v) is 5.46. The van der Waals surface area contributed by atoms with Gasteiger partial charge in [-0.25, -0.2) is 4.39 Å². The van der Waals surface area contributed by atoms with Gasteiger partial charge >= 0.3 is 0 Å². The molecular formula is C13H17FN2O3S. The maximum Gasteiger partial charge on any atom is 0.299 e. The van der Waals surface area contributed by atoms with E-state index in [2.05, 4.69) is 21.3 Å². The Morgan fingerprint density at radius 1 is 1.40 bits per heavy atom. The van der Waals surface area contributed by atoms with E-state index in [-0.39, 0.29) is 24.3 Å². The molecule has 0 unspecified atom stereocenters. The molecule has 0 radical (unpaired) electrons. The molecule has 3 N–H and O–H groups in total. The predicted octanol–water partition coefficient (Wildman–Crippen LogP) is 1.22. The van der Waals surface area contributed by atoms with E-state index in [1.165, 1.54) is 6.07 Å². The van der Waals surface area contributed by atoms with E-state index < -0.39 is 16.0 Å². The molecule has 0 spiro atoms. The van der Waals surface area contributed by atoms with Gasteiger partial charge in [-0.1, -0.05) is 18.8 Å². The minimum Gasteiger partial charge on any atom is -0.395 e. The lowest BCUT2D eigenvalue weighted by molar-refractivity contribution is 0.305. The summed E-state index contributed by atoms with van der Waals surface area (Å²) in [5.74, 6) is 4.74. The molecule has 20 heavy (non-hydrogen) atoms. The van der Waals surface area contributed by atoms with E-state index in [9.17, 15) is 12.8 Å². The number of rotatable bonds is 6. The summed E-state index contributed by atoms with van der Waals surface area (Å²) >= 11 is 0. The maximum absolute atomic E-state index is 13.2. The van der Waals surface area contributed by atoms with Gasteiger partial charge in [-0.05, 0) is 24.6 Å². The number of nitrogens with one attached hydrogen (secondary N) is 2. The molecule has 1 rings (SSSR count). The molecule has 0 saturated heterocycles. The Balaban J connectivity index is 2.98. The Labute approximate surface area is 118 Å². The number of hydrogen-bond acceptors (Lipinski definition) is 3. The van der Waals surface area contributed by atoms with E-state index in [0.29, 0.717) is 13.0 Å². The highest BCUT2D eigenvalue weighted by Gasteiger charge is 2.11. The molecule has 0 aliphatic carbocycles. The first kappa shape index (κ1) is 16.4. The fourth-order valence-corrected chi connectivity index (χ4v) is 2.35. The first-order valence-electron chi connectivity index (χ1n) is 6.15. The highest BCUT2D eigenvalue weighted by atomic mass is 32.2. The predicted molar refractivity (Wildman–Crippen MR) is 75.8 cm³/mol. The van der Waals surface area contributed by atoms with Crippen LogP contribution in [0.25, 0.3) is 0 Å². The Bertz CT molecular complexity index is 606. The van der Waals surface area contributed by atoms with Gasteiger partial charge in [-0.3, -0.25) is 4.72 Å². The molecule has 0 amide bonds. The summed E-state index contributed by atoms with van der Waals surface area (Å²) in [6, 6.07) is 3.60. The zero-order valence-electron chi connectivity index (χ0n) is 11.1. The van der Waals surface area contributed by atoms with Crippen molar-refractivity contribution in [1.29, 1.82) is 0 Å². The van der Waals surface area contributed by atoms with Crippen LogP contribution in [0.15, 0.2) is 18.2 Å². The lowest BCUT2D eigenvalue weighted by atomic mass is 10.2. The van der Waals surface area contributed by atoms with Crippen LogP contribution in [0.3, 0.4) is 0 Å². The third kappa shape index (κ3) is 5.57. The van der Waals surface area contributed by atoms with Crippen molar-refractivity contribution in [2.45, 2.75) is 19.8 Å². The van der Waals surface area contributed by atoms with E-state index >= 15 is 0 Å². The first-order valence-corrected chi connectivity index (χ1v) is 7.63. The zero-order chi connectivity index (χ0) is 15.0. The summed E-state index contributed by atoms with van der Waals surface area (Å²) in [5.41, 5.74) is 0.417. The van der Waals surface area contributed by atoms with Crippen molar-refractivity contribution in [3.8, 4) is 11.8 Å². The van der Waals surface area contributed by atoms with Gasteiger partial charge in [0.1, 0.15) is 5.82 Å². The molecule has 0 aromatic heterocycles. The van der Waals surface area contributed by atoms with Crippen LogP contribution in [0.1, 0.15) is 25.3 Å². The summed E-state index contributed by atoms with van der Waals surface area (Å²) in [7, 11) is -3.70. The molecule has 0 aliphatic rings. The summed E-state index contributed by atoms with van der Waals surface area (Å²) in [6.45, 7) is 2.04. The number of hydrogen-bond donors (Lipinski definition) is 3. The van der Waals surface area contributed by atoms with Gasteiger partial charge < -0.3 is 5.11 Å². The van der Waals surface area contributed by atoms with Crippen LogP contribution >= 0.6 is 0 Å². The fraction of sp³-hybridized carbons (Fsp3) is 0.385. The number of aliphatic hydroxyl groups excluding tert-OH is 1. The van der Waals surface area contributed by atoms with Crippen LogP contribution in [-0.2, 0) is 10.2 Å². The second-order valence-electron chi connectivity index (χ2n) is 3.97. The third-order valence-electron chi connectivity index (χ3n) is 2.23. The minimum atomic E-state index is -3.70. The van der Waals surface area contributed by atoms with Crippen LogP contribution in [0.5, 0.6) is 0 Å². The van der Waals surface area contributed by atoms with Crippen molar-refractivity contribution in [3.63, 3.8) is 0 Å². The number of halogens is 1. The van der Waals surface area contributed by atoms with Crippen molar-refractivity contribution in [3.05, 3.63) is 29.6 Å². The first-order chi connectivity index (χ1) is 9.48. The van der Waals surface area contributed by atoms with Crippen molar-refractivity contribution in [2.75, 3.05) is 17.9 Å². The molecule has 1 aromatic carbocycles. The number of benzene rings is 1.